The SMILES string of the molecule is CCc1nnc(NC(=O)N(CCCO)C2CCc3ccccc32)s1. The molecule has 0 fully saturated rings. The first-order valence-corrected chi connectivity index (χ1v) is 9.13. The molecule has 2 aromatic rings. The maximum atomic E-state index is 12.8. The van der Waals surface area contributed by atoms with Gasteiger partial charge in [0.15, 0.2) is 0 Å². The summed E-state index contributed by atoms with van der Waals surface area (Å²) in [5, 5.41) is 21.5. The molecule has 1 aromatic carbocycles. The lowest BCUT2D eigenvalue weighted by Gasteiger charge is -2.29. The van der Waals surface area contributed by atoms with E-state index in [2.05, 4.69) is 27.6 Å². The summed E-state index contributed by atoms with van der Waals surface area (Å²) in [6.45, 7) is 2.59. The molecule has 3 rings (SSSR count). The predicted octanol–water partition coefficient (Wildman–Crippen LogP) is 3.00. The topological polar surface area (TPSA) is 78.4 Å². The van der Waals surface area contributed by atoms with Crippen LogP contribution in [0.15, 0.2) is 24.3 Å². The van der Waals surface area contributed by atoms with E-state index in [1.54, 1.807) is 0 Å². The van der Waals surface area contributed by atoms with E-state index in [-0.39, 0.29) is 18.7 Å². The first kappa shape index (κ1) is 16.9. The quantitative estimate of drug-likeness (QED) is 0.843. The Bertz CT molecular complexity index is 703. The van der Waals surface area contributed by atoms with Crippen LogP contribution >= 0.6 is 11.3 Å². The number of carbonyl (C=O) groups is 1. The van der Waals surface area contributed by atoms with E-state index in [9.17, 15) is 9.90 Å². The molecule has 1 aliphatic carbocycles. The van der Waals surface area contributed by atoms with E-state index in [1.807, 2.05) is 24.0 Å². The lowest BCUT2D eigenvalue weighted by Crippen LogP contribution is -2.38. The number of aliphatic hydroxyl groups excluding tert-OH is 1. The van der Waals surface area contributed by atoms with Crippen LogP contribution in [0.3, 0.4) is 0 Å². The van der Waals surface area contributed by atoms with Crippen molar-refractivity contribution in [3.05, 3.63) is 40.4 Å². The maximum absolute atomic E-state index is 12.8. The van der Waals surface area contributed by atoms with Crippen molar-refractivity contribution in [2.75, 3.05) is 18.5 Å². The highest BCUT2D eigenvalue weighted by Crippen LogP contribution is 2.36. The molecule has 0 aliphatic heterocycles. The second-order valence-corrected chi connectivity index (χ2v) is 6.87. The summed E-state index contributed by atoms with van der Waals surface area (Å²) in [5.41, 5.74) is 2.51. The van der Waals surface area contributed by atoms with Gasteiger partial charge in [0, 0.05) is 13.2 Å². The lowest BCUT2D eigenvalue weighted by atomic mass is 10.1. The summed E-state index contributed by atoms with van der Waals surface area (Å²) in [6.07, 6.45) is 3.25. The molecule has 0 saturated carbocycles. The third-order valence-corrected chi connectivity index (χ3v) is 5.26. The number of carbonyl (C=O) groups excluding carboxylic acids is 1. The van der Waals surface area contributed by atoms with Gasteiger partial charge in [0.2, 0.25) is 5.13 Å². The molecule has 0 saturated heterocycles. The van der Waals surface area contributed by atoms with Crippen molar-refractivity contribution in [3.63, 3.8) is 0 Å². The van der Waals surface area contributed by atoms with Crippen LogP contribution in [0.1, 0.15) is 41.9 Å². The van der Waals surface area contributed by atoms with Crippen LogP contribution in [-0.2, 0) is 12.8 Å². The van der Waals surface area contributed by atoms with Gasteiger partial charge in [-0.3, -0.25) is 5.32 Å². The van der Waals surface area contributed by atoms with Crippen molar-refractivity contribution < 1.29 is 9.90 Å². The van der Waals surface area contributed by atoms with Crippen molar-refractivity contribution in [2.45, 2.75) is 38.6 Å². The van der Waals surface area contributed by atoms with Crippen molar-refractivity contribution in [1.29, 1.82) is 0 Å². The van der Waals surface area contributed by atoms with Gasteiger partial charge in [-0.25, -0.2) is 4.79 Å². The molecule has 2 amide bonds. The Morgan fingerprint density at radius 2 is 2.25 bits per heavy atom. The first-order valence-electron chi connectivity index (χ1n) is 8.31. The van der Waals surface area contributed by atoms with Crippen LogP contribution in [-0.4, -0.2) is 39.4 Å². The fourth-order valence-corrected chi connectivity index (χ4v) is 3.78. The number of rotatable bonds is 6. The highest BCUT2D eigenvalue weighted by atomic mass is 32.1. The van der Waals surface area contributed by atoms with Crippen LogP contribution in [0.2, 0.25) is 0 Å². The van der Waals surface area contributed by atoms with E-state index >= 15 is 0 Å². The highest BCUT2D eigenvalue weighted by molar-refractivity contribution is 7.15. The smallest absolute Gasteiger partial charge is 0.324 e. The number of fused-ring (bicyclic) bond motifs is 1. The van der Waals surface area contributed by atoms with Crippen LogP contribution in [0.5, 0.6) is 0 Å². The molecule has 1 atom stereocenters. The third-order valence-electron chi connectivity index (χ3n) is 4.28. The zero-order valence-electron chi connectivity index (χ0n) is 13.7. The third kappa shape index (κ3) is 3.57. The van der Waals surface area contributed by atoms with Crippen LogP contribution < -0.4 is 5.32 Å². The zero-order chi connectivity index (χ0) is 16.9. The Morgan fingerprint density at radius 3 is 3.00 bits per heavy atom. The molecule has 24 heavy (non-hydrogen) atoms. The summed E-state index contributed by atoms with van der Waals surface area (Å²) < 4.78 is 0. The molecular formula is C17H22N4O2S. The van der Waals surface area contributed by atoms with Gasteiger partial charge in [0.1, 0.15) is 5.01 Å². The summed E-state index contributed by atoms with van der Waals surface area (Å²) in [6, 6.07) is 8.13. The van der Waals surface area contributed by atoms with Gasteiger partial charge in [-0.15, -0.1) is 10.2 Å². The standard InChI is InChI=1S/C17H22N4O2S/c1-2-15-19-20-16(24-15)18-17(23)21(10-5-11-22)14-9-8-12-6-3-4-7-13(12)14/h3-4,6-7,14,22H,2,5,8-11H2,1H3,(H,18,20,23). The summed E-state index contributed by atoms with van der Waals surface area (Å²) in [4.78, 5) is 14.6. The molecule has 0 spiro atoms. The number of amides is 2. The second kappa shape index (κ2) is 7.72. The van der Waals surface area contributed by atoms with Crippen LogP contribution in [0.25, 0.3) is 0 Å². The van der Waals surface area contributed by atoms with Crippen LogP contribution in [0.4, 0.5) is 9.93 Å². The molecule has 1 unspecified atom stereocenters. The molecular weight excluding hydrogens is 324 g/mol. The predicted molar refractivity (Wildman–Crippen MR) is 94.2 cm³/mol. The number of aryl methyl sites for hydroxylation is 2. The van der Waals surface area contributed by atoms with Crippen molar-refractivity contribution >= 4 is 22.5 Å². The molecule has 0 radical (unpaired) electrons. The summed E-state index contributed by atoms with van der Waals surface area (Å²) in [7, 11) is 0. The molecule has 1 aromatic heterocycles. The van der Waals surface area contributed by atoms with Crippen LogP contribution in [0, 0.1) is 0 Å². The number of nitrogens with zero attached hydrogens (tertiary/aromatic N) is 3. The number of hydrogen-bond donors (Lipinski definition) is 2. The number of anilines is 1. The Hall–Kier alpha value is -1.99. The zero-order valence-corrected chi connectivity index (χ0v) is 14.6. The lowest BCUT2D eigenvalue weighted by molar-refractivity contribution is 0.177. The number of hydrogen-bond acceptors (Lipinski definition) is 5. The average Bonchev–Trinajstić information content (AvgIpc) is 3.22. The number of aromatic nitrogens is 2. The minimum absolute atomic E-state index is 0.0475. The van der Waals surface area contributed by atoms with Crippen molar-refractivity contribution in [1.82, 2.24) is 15.1 Å². The van der Waals surface area contributed by atoms with E-state index < -0.39 is 0 Å². The Labute approximate surface area is 145 Å². The van der Waals surface area contributed by atoms with Gasteiger partial charge >= 0.3 is 6.03 Å². The first-order chi connectivity index (χ1) is 11.7. The van der Waals surface area contributed by atoms with Gasteiger partial charge in [-0.05, 0) is 36.8 Å². The molecule has 1 heterocycles. The van der Waals surface area contributed by atoms with E-state index in [1.165, 1.54) is 22.5 Å². The number of nitrogens with one attached hydrogen (secondary N) is 1. The van der Waals surface area contributed by atoms with E-state index in [0.717, 1.165) is 24.3 Å². The Balaban J connectivity index is 1.77. The molecule has 7 heteroatoms. The molecule has 6 nitrogen and oxygen atoms in total. The summed E-state index contributed by atoms with van der Waals surface area (Å²) in [5.74, 6) is 0. The fourth-order valence-electron chi connectivity index (χ4n) is 3.11. The van der Waals surface area contributed by atoms with Gasteiger partial charge < -0.3 is 10.0 Å². The minimum atomic E-state index is -0.177. The maximum Gasteiger partial charge on any atom is 0.324 e. The summed E-state index contributed by atoms with van der Waals surface area (Å²) >= 11 is 1.40. The molecule has 128 valence electrons. The average molecular weight is 346 g/mol. The minimum Gasteiger partial charge on any atom is -0.396 e. The van der Waals surface area contributed by atoms with E-state index in [0.29, 0.717) is 18.1 Å². The number of urea groups is 1. The molecule has 0 bridgehead atoms. The highest BCUT2D eigenvalue weighted by Gasteiger charge is 2.30. The van der Waals surface area contributed by atoms with Gasteiger partial charge in [0.25, 0.3) is 0 Å². The van der Waals surface area contributed by atoms with Crippen molar-refractivity contribution in [3.8, 4) is 0 Å². The van der Waals surface area contributed by atoms with Gasteiger partial charge in [-0.1, -0.05) is 42.5 Å². The Kier molecular flexibility index (Phi) is 5.42. The van der Waals surface area contributed by atoms with Gasteiger partial charge in [0.05, 0.1) is 6.04 Å². The largest absolute Gasteiger partial charge is 0.396 e. The molecule has 2 N–H and O–H groups in total. The second-order valence-electron chi connectivity index (χ2n) is 5.81. The Morgan fingerprint density at radius 1 is 1.42 bits per heavy atom. The fraction of sp³-hybridized carbons (Fsp3) is 0.471. The number of aliphatic hydroxyl groups is 1. The monoisotopic (exact) mass is 346 g/mol. The molecule has 1 aliphatic rings. The van der Waals surface area contributed by atoms with E-state index in [4.69, 9.17) is 0 Å². The number of benzene rings is 1. The van der Waals surface area contributed by atoms with Crippen molar-refractivity contribution in [2.24, 2.45) is 0 Å². The van der Waals surface area contributed by atoms with Gasteiger partial charge in [-0.2, -0.15) is 0 Å². The normalized spacial score (nSPS) is 16.0.